The second-order valence-electron chi connectivity index (χ2n) is 7.26. The van der Waals surface area contributed by atoms with Crippen LogP contribution in [0.4, 0.5) is 4.39 Å². The summed E-state index contributed by atoms with van der Waals surface area (Å²) >= 11 is 0. The van der Waals surface area contributed by atoms with Gasteiger partial charge < -0.3 is 10.1 Å². The van der Waals surface area contributed by atoms with Gasteiger partial charge in [-0.2, -0.15) is 0 Å². The van der Waals surface area contributed by atoms with Crippen LogP contribution in [0.2, 0.25) is 0 Å². The van der Waals surface area contributed by atoms with Crippen molar-refractivity contribution in [2.75, 3.05) is 0 Å². The number of hydrogen-bond acceptors (Lipinski definition) is 5. The number of rotatable bonds is 8. The van der Waals surface area contributed by atoms with E-state index in [4.69, 9.17) is 4.74 Å². The smallest absolute Gasteiger partial charge is 0.339 e. The molecule has 1 unspecified atom stereocenters. The number of carbonyl (C=O) groups is 2. The van der Waals surface area contributed by atoms with E-state index in [1.165, 1.54) is 49.4 Å². The number of ether oxygens (including phenoxy) is 1. The maximum atomic E-state index is 12.9. The van der Waals surface area contributed by atoms with Crippen LogP contribution >= 0.6 is 0 Å². The van der Waals surface area contributed by atoms with Crippen molar-refractivity contribution in [1.82, 2.24) is 10.0 Å². The number of esters is 1. The fraction of sp³-hybridized carbons (Fsp3) is 0.333. The molecule has 1 saturated carbocycles. The quantitative estimate of drug-likeness (QED) is 0.622. The standard InChI is InChI=1S/C21H23FN2O5S/c1-13-3-10-18(30(27,28)24-17-8-9-17)11-19(13)21(26)29-14(2)20(25)23-12-15-4-6-16(22)7-5-15/h3-7,10-11,14,17,24H,8-9,12H2,1-2H3,(H,23,25). The highest BCUT2D eigenvalue weighted by molar-refractivity contribution is 7.89. The number of benzene rings is 2. The van der Waals surface area contributed by atoms with Crippen molar-refractivity contribution in [1.29, 1.82) is 0 Å². The molecule has 0 bridgehead atoms. The normalized spacial score (nSPS) is 14.8. The molecule has 1 aliphatic carbocycles. The van der Waals surface area contributed by atoms with Crippen molar-refractivity contribution < 1.29 is 27.1 Å². The number of carbonyl (C=O) groups excluding carboxylic acids is 2. The lowest BCUT2D eigenvalue weighted by atomic mass is 10.1. The molecule has 9 heteroatoms. The van der Waals surface area contributed by atoms with Crippen LogP contribution in [0.15, 0.2) is 47.4 Å². The summed E-state index contributed by atoms with van der Waals surface area (Å²) in [6, 6.07) is 9.80. The Morgan fingerprint density at radius 1 is 1.17 bits per heavy atom. The minimum Gasteiger partial charge on any atom is -0.449 e. The third-order valence-electron chi connectivity index (χ3n) is 4.67. The van der Waals surface area contributed by atoms with Crippen LogP contribution in [0.25, 0.3) is 0 Å². The van der Waals surface area contributed by atoms with Crippen LogP contribution in [0.1, 0.15) is 41.3 Å². The van der Waals surface area contributed by atoms with E-state index in [0.29, 0.717) is 11.1 Å². The van der Waals surface area contributed by atoms with Gasteiger partial charge >= 0.3 is 5.97 Å². The lowest BCUT2D eigenvalue weighted by Crippen LogP contribution is -2.35. The predicted molar refractivity (Wildman–Crippen MR) is 108 cm³/mol. The molecule has 30 heavy (non-hydrogen) atoms. The van der Waals surface area contributed by atoms with E-state index in [0.717, 1.165) is 12.8 Å². The van der Waals surface area contributed by atoms with Gasteiger partial charge in [0.15, 0.2) is 6.10 Å². The molecule has 7 nitrogen and oxygen atoms in total. The second kappa shape index (κ2) is 8.93. The molecule has 3 rings (SSSR count). The Morgan fingerprint density at radius 3 is 2.47 bits per heavy atom. The summed E-state index contributed by atoms with van der Waals surface area (Å²) in [5, 5.41) is 2.61. The van der Waals surface area contributed by atoms with Gasteiger partial charge in [-0.25, -0.2) is 22.3 Å². The third kappa shape index (κ3) is 5.64. The van der Waals surface area contributed by atoms with Crippen LogP contribution in [0.5, 0.6) is 0 Å². The summed E-state index contributed by atoms with van der Waals surface area (Å²) in [7, 11) is -3.72. The second-order valence-corrected chi connectivity index (χ2v) is 8.98. The zero-order chi connectivity index (χ0) is 21.9. The SMILES string of the molecule is Cc1ccc(S(=O)(=O)NC2CC2)cc1C(=O)OC(C)C(=O)NCc1ccc(F)cc1. The minimum atomic E-state index is -3.72. The summed E-state index contributed by atoms with van der Waals surface area (Å²) in [6.45, 7) is 3.23. The van der Waals surface area contributed by atoms with Crippen molar-refractivity contribution in [3.63, 3.8) is 0 Å². The van der Waals surface area contributed by atoms with Crippen LogP contribution < -0.4 is 10.0 Å². The molecule has 160 valence electrons. The molecule has 1 aliphatic rings. The first-order valence-electron chi connectivity index (χ1n) is 9.52. The molecular weight excluding hydrogens is 411 g/mol. The first kappa shape index (κ1) is 21.9. The average molecular weight is 434 g/mol. The molecule has 0 aliphatic heterocycles. The number of sulfonamides is 1. The summed E-state index contributed by atoms with van der Waals surface area (Å²) in [5.74, 6) is -1.69. The van der Waals surface area contributed by atoms with Gasteiger partial charge in [-0.1, -0.05) is 18.2 Å². The Balaban J connectivity index is 1.63. The van der Waals surface area contributed by atoms with Gasteiger partial charge in [0.2, 0.25) is 10.0 Å². The molecule has 1 amide bonds. The number of amides is 1. The van der Waals surface area contributed by atoms with Crippen LogP contribution in [-0.4, -0.2) is 32.4 Å². The van der Waals surface area contributed by atoms with Crippen molar-refractivity contribution in [3.05, 3.63) is 65.0 Å². The van der Waals surface area contributed by atoms with Crippen molar-refractivity contribution in [3.8, 4) is 0 Å². The highest BCUT2D eigenvalue weighted by Crippen LogP contribution is 2.23. The minimum absolute atomic E-state index is 0.0274. The molecule has 1 atom stereocenters. The molecule has 2 aromatic rings. The van der Waals surface area contributed by atoms with Crippen LogP contribution in [0.3, 0.4) is 0 Å². The lowest BCUT2D eigenvalue weighted by Gasteiger charge is -2.15. The van der Waals surface area contributed by atoms with Gasteiger partial charge in [0.05, 0.1) is 10.5 Å². The van der Waals surface area contributed by atoms with E-state index in [-0.39, 0.29) is 28.9 Å². The molecule has 0 spiro atoms. The summed E-state index contributed by atoms with van der Waals surface area (Å²) < 4.78 is 45.5. The molecule has 0 saturated heterocycles. The van der Waals surface area contributed by atoms with E-state index in [1.807, 2.05) is 0 Å². The van der Waals surface area contributed by atoms with Gasteiger partial charge in [0.1, 0.15) is 5.82 Å². The van der Waals surface area contributed by atoms with Gasteiger partial charge in [0.25, 0.3) is 5.91 Å². The van der Waals surface area contributed by atoms with Crippen LogP contribution in [0, 0.1) is 12.7 Å². The predicted octanol–water partition coefficient (Wildman–Crippen LogP) is 2.44. The first-order chi connectivity index (χ1) is 14.2. The van der Waals surface area contributed by atoms with E-state index in [9.17, 15) is 22.4 Å². The van der Waals surface area contributed by atoms with Crippen molar-refractivity contribution >= 4 is 21.9 Å². The van der Waals surface area contributed by atoms with E-state index in [1.54, 1.807) is 6.92 Å². The van der Waals surface area contributed by atoms with E-state index >= 15 is 0 Å². The molecule has 2 N–H and O–H groups in total. The number of halogens is 1. The molecule has 0 aromatic heterocycles. The van der Waals surface area contributed by atoms with Gasteiger partial charge in [-0.15, -0.1) is 0 Å². The third-order valence-corrected chi connectivity index (χ3v) is 6.19. The fourth-order valence-electron chi connectivity index (χ4n) is 2.69. The molecule has 1 fully saturated rings. The Kier molecular flexibility index (Phi) is 6.52. The zero-order valence-corrected chi connectivity index (χ0v) is 17.5. The lowest BCUT2D eigenvalue weighted by molar-refractivity contribution is -0.129. The molecular formula is C21H23FN2O5S. The Labute approximate surface area is 174 Å². The summed E-state index contributed by atoms with van der Waals surface area (Å²) in [4.78, 5) is 24.7. The van der Waals surface area contributed by atoms with Crippen molar-refractivity contribution in [2.45, 2.75) is 50.3 Å². The topological polar surface area (TPSA) is 102 Å². The molecule has 0 heterocycles. The zero-order valence-electron chi connectivity index (χ0n) is 16.6. The highest BCUT2D eigenvalue weighted by Gasteiger charge is 2.29. The summed E-state index contributed by atoms with van der Waals surface area (Å²) in [6.07, 6.45) is 0.497. The highest BCUT2D eigenvalue weighted by atomic mass is 32.2. The van der Waals surface area contributed by atoms with E-state index < -0.39 is 28.0 Å². The van der Waals surface area contributed by atoms with Crippen molar-refractivity contribution in [2.24, 2.45) is 0 Å². The average Bonchev–Trinajstić information content (AvgIpc) is 3.50. The monoisotopic (exact) mass is 434 g/mol. The maximum Gasteiger partial charge on any atom is 0.339 e. The van der Waals surface area contributed by atoms with Gasteiger partial charge in [0, 0.05) is 12.6 Å². The maximum absolute atomic E-state index is 12.9. The van der Waals surface area contributed by atoms with E-state index in [2.05, 4.69) is 10.0 Å². The molecule has 2 aromatic carbocycles. The first-order valence-corrected chi connectivity index (χ1v) is 11.0. The Bertz CT molecular complexity index is 1050. The number of aryl methyl sites for hydroxylation is 1. The Hall–Kier alpha value is -2.78. The van der Waals surface area contributed by atoms with Gasteiger partial charge in [-0.05, 0) is 62.1 Å². The largest absolute Gasteiger partial charge is 0.449 e. The summed E-state index contributed by atoms with van der Waals surface area (Å²) in [5.41, 5.74) is 1.30. The fourth-order valence-corrected chi connectivity index (χ4v) is 4.02. The Morgan fingerprint density at radius 2 is 1.83 bits per heavy atom. The van der Waals surface area contributed by atoms with Gasteiger partial charge in [-0.3, -0.25) is 4.79 Å². The van der Waals surface area contributed by atoms with Crippen LogP contribution in [-0.2, 0) is 26.1 Å². The molecule has 0 radical (unpaired) electrons. The number of hydrogen-bond donors (Lipinski definition) is 2. The number of nitrogens with one attached hydrogen (secondary N) is 2.